The van der Waals surface area contributed by atoms with Crippen LogP contribution in [-0.4, -0.2) is 9.11 Å². The molecular formula is H2O2SZn2. The quantitative estimate of drug-likeness (QED) is 0.442. The van der Waals surface area contributed by atoms with Gasteiger partial charge in [-0.25, -0.2) is 0 Å². The molecule has 0 spiro atoms. The van der Waals surface area contributed by atoms with Crippen LogP contribution in [0.3, 0.4) is 0 Å². The van der Waals surface area contributed by atoms with Crippen molar-refractivity contribution in [2.45, 2.75) is 0 Å². The van der Waals surface area contributed by atoms with E-state index in [1.165, 1.54) is 0 Å². The molecule has 5 heteroatoms. The predicted molar refractivity (Wildman–Crippen MR) is 12.8 cm³/mol. The van der Waals surface area contributed by atoms with Crippen LogP contribution >= 0.6 is 12.3 Å². The molecule has 0 aliphatic heterocycles. The van der Waals surface area contributed by atoms with Crippen molar-refractivity contribution in [3.05, 3.63) is 0 Å². The minimum atomic E-state index is -0.250. The third-order valence-corrected chi connectivity index (χ3v) is 0. The largest absolute Gasteiger partial charge is 0.307 e. The molecule has 0 heterocycles. The van der Waals surface area contributed by atoms with Crippen molar-refractivity contribution < 1.29 is 48.1 Å². The Morgan fingerprint density at radius 2 is 1.00 bits per heavy atom. The molecule has 0 aromatic rings. The molecule has 0 bridgehead atoms. The third kappa shape index (κ3) is 29.7. The van der Waals surface area contributed by atoms with Gasteiger partial charge in [0.1, 0.15) is 0 Å². The molecule has 0 aliphatic rings. The SMILES string of the molecule is OSO.[Zn].[Zn]. The van der Waals surface area contributed by atoms with Crippen LogP contribution in [0.4, 0.5) is 0 Å². The molecule has 0 fully saturated rings. The zero-order chi connectivity index (χ0) is 2.71. The molecule has 0 atom stereocenters. The summed E-state index contributed by atoms with van der Waals surface area (Å²) in [7, 11) is 0. The number of hydrogen-bond donors (Lipinski definition) is 2. The normalized spacial score (nSPS) is 3.60. The number of hydrogen-bond acceptors (Lipinski definition) is 3. The summed E-state index contributed by atoms with van der Waals surface area (Å²) in [6.45, 7) is 0. The molecule has 24 valence electrons. The van der Waals surface area contributed by atoms with Crippen molar-refractivity contribution in [1.29, 1.82) is 0 Å². The third-order valence-electron chi connectivity index (χ3n) is 0. The van der Waals surface area contributed by atoms with E-state index in [9.17, 15) is 0 Å². The fraction of sp³-hybridized carbons (Fsp3) is 0. The standard InChI is InChI=1S/H2O2S.2Zn/c1-3-2;;/h1-2H;;. The monoisotopic (exact) mass is 194 g/mol. The van der Waals surface area contributed by atoms with E-state index in [0.717, 1.165) is 0 Å². The van der Waals surface area contributed by atoms with Crippen LogP contribution in [-0.2, 0) is 39.0 Å². The van der Waals surface area contributed by atoms with Crippen LogP contribution in [0.5, 0.6) is 0 Å². The van der Waals surface area contributed by atoms with Gasteiger partial charge in [-0.15, -0.1) is 0 Å². The van der Waals surface area contributed by atoms with Gasteiger partial charge >= 0.3 is 0 Å². The van der Waals surface area contributed by atoms with Gasteiger partial charge in [0, 0.05) is 39.0 Å². The zero-order valence-electron chi connectivity index (χ0n) is 2.72. The van der Waals surface area contributed by atoms with Gasteiger partial charge in [0.2, 0.25) is 0 Å². The summed E-state index contributed by atoms with van der Waals surface area (Å²) in [5, 5.41) is 0. The van der Waals surface area contributed by atoms with Gasteiger partial charge in [-0.3, -0.25) is 0 Å². The Morgan fingerprint density at radius 3 is 1.00 bits per heavy atom. The summed E-state index contributed by atoms with van der Waals surface area (Å²) >= 11 is -0.250. The van der Waals surface area contributed by atoms with E-state index < -0.39 is 0 Å². The Kier molecular flexibility index (Phi) is 57.0. The molecule has 5 heavy (non-hydrogen) atoms. The average molecular weight is 197 g/mol. The summed E-state index contributed by atoms with van der Waals surface area (Å²) in [6.07, 6.45) is 0. The van der Waals surface area contributed by atoms with Crippen LogP contribution < -0.4 is 0 Å². The van der Waals surface area contributed by atoms with Crippen molar-refractivity contribution in [3.8, 4) is 0 Å². The van der Waals surface area contributed by atoms with Gasteiger partial charge in [-0.05, 0) is 0 Å². The first kappa shape index (κ1) is 16.0. The Bertz CT molecular complexity index is 7.61. The maximum Gasteiger partial charge on any atom is 0.152 e. The maximum atomic E-state index is 7.04. The minimum absolute atomic E-state index is 0. The van der Waals surface area contributed by atoms with Crippen LogP contribution in [0, 0.1) is 0 Å². The van der Waals surface area contributed by atoms with E-state index in [4.69, 9.17) is 9.11 Å². The summed E-state index contributed by atoms with van der Waals surface area (Å²) in [6, 6.07) is 0. The molecule has 0 saturated heterocycles. The van der Waals surface area contributed by atoms with E-state index in [-0.39, 0.29) is 51.3 Å². The van der Waals surface area contributed by atoms with Crippen molar-refractivity contribution in [3.63, 3.8) is 0 Å². The zero-order valence-corrected chi connectivity index (χ0v) is 9.47. The molecule has 0 unspecified atom stereocenters. The van der Waals surface area contributed by atoms with E-state index in [1.807, 2.05) is 0 Å². The van der Waals surface area contributed by atoms with Gasteiger partial charge < -0.3 is 9.11 Å². The van der Waals surface area contributed by atoms with Gasteiger partial charge in [0.25, 0.3) is 0 Å². The second-order valence-electron chi connectivity index (χ2n) is 0.0816. The van der Waals surface area contributed by atoms with Crippen LogP contribution in [0.15, 0.2) is 0 Å². The van der Waals surface area contributed by atoms with E-state index in [1.54, 1.807) is 0 Å². The summed E-state index contributed by atoms with van der Waals surface area (Å²) < 4.78 is 14.1. The summed E-state index contributed by atoms with van der Waals surface area (Å²) in [5.74, 6) is 0. The van der Waals surface area contributed by atoms with Crippen LogP contribution in [0.2, 0.25) is 0 Å². The molecule has 0 saturated carbocycles. The van der Waals surface area contributed by atoms with Crippen LogP contribution in [0.25, 0.3) is 0 Å². The molecule has 0 aliphatic carbocycles. The van der Waals surface area contributed by atoms with E-state index >= 15 is 0 Å². The fourth-order valence-electron chi connectivity index (χ4n) is 0. The second kappa shape index (κ2) is 17.8. The topological polar surface area (TPSA) is 40.5 Å². The smallest absolute Gasteiger partial charge is 0.152 e. The molecule has 0 amide bonds. The minimum Gasteiger partial charge on any atom is -0.307 e. The molecule has 0 aromatic heterocycles. The van der Waals surface area contributed by atoms with Crippen molar-refractivity contribution in [2.24, 2.45) is 0 Å². The van der Waals surface area contributed by atoms with Crippen molar-refractivity contribution in [2.75, 3.05) is 0 Å². The second-order valence-corrected chi connectivity index (χ2v) is 0.245. The predicted octanol–water partition coefficient (Wildman–Crippen LogP) is 0.661. The Morgan fingerprint density at radius 1 is 1.00 bits per heavy atom. The van der Waals surface area contributed by atoms with Crippen molar-refractivity contribution in [1.82, 2.24) is 0 Å². The Hall–Kier alpha value is 1.52. The molecule has 2 N–H and O–H groups in total. The van der Waals surface area contributed by atoms with Gasteiger partial charge in [0.05, 0.1) is 0 Å². The first-order valence-corrected chi connectivity index (χ1v) is 1.10. The molecular weight excluding hydrogens is 195 g/mol. The van der Waals surface area contributed by atoms with Gasteiger partial charge in [0.15, 0.2) is 12.3 Å². The molecule has 0 rings (SSSR count). The molecule has 0 aromatic carbocycles. The molecule has 2 nitrogen and oxygen atoms in total. The van der Waals surface area contributed by atoms with E-state index in [0.29, 0.717) is 0 Å². The fourth-order valence-corrected chi connectivity index (χ4v) is 0. The van der Waals surface area contributed by atoms with Gasteiger partial charge in [-0.1, -0.05) is 0 Å². The van der Waals surface area contributed by atoms with Crippen LogP contribution in [0.1, 0.15) is 0 Å². The van der Waals surface area contributed by atoms with E-state index in [2.05, 4.69) is 0 Å². The maximum absolute atomic E-state index is 7.04. The summed E-state index contributed by atoms with van der Waals surface area (Å²) in [4.78, 5) is 0. The molecule has 0 radical (unpaired) electrons. The Balaban J connectivity index is -0.0000000200. The van der Waals surface area contributed by atoms with Gasteiger partial charge in [-0.2, -0.15) is 0 Å². The Labute approximate surface area is 60.3 Å². The number of rotatable bonds is 0. The first-order chi connectivity index (χ1) is 1.41. The first-order valence-electron chi connectivity index (χ1n) is 0.365. The summed E-state index contributed by atoms with van der Waals surface area (Å²) in [5.41, 5.74) is 0. The average Bonchev–Trinajstić information content (AvgIpc) is 0.918. The van der Waals surface area contributed by atoms with Crippen molar-refractivity contribution >= 4 is 12.3 Å².